The third-order valence-electron chi connectivity index (χ3n) is 2.43. The molecule has 6 heteroatoms. The summed E-state index contributed by atoms with van der Waals surface area (Å²) >= 11 is 11.8. The van der Waals surface area contributed by atoms with Crippen LogP contribution in [0.2, 0.25) is 10.0 Å². The van der Waals surface area contributed by atoms with Crippen LogP contribution < -0.4 is 5.73 Å². The standard InChI is InChI=1S/C11H11Cl2N3O/c12-8-2-1-7(3-9(8)13)16-6-15-4-11(16)10(14)5-17/h1-4,6,10,17H,5,14H2. The van der Waals surface area contributed by atoms with Crippen molar-refractivity contribution in [3.63, 3.8) is 0 Å². The molecule has 1 aromatic heterocycles. The SMILES string of the molecule is NC(CO)c1cncn1-c1ccc(Cl)c(Cl)c1. The molecule has 2 aromatic rings. The summed E-state index contributed by atoms with van der Waals surface area (Å²) in [7, 11) is 0. The largest absolute Gasteiger partial charge is 0.394 e. The molecule has 0 radical (unpaired) electrons. The monoisotopic (exact) mass is 271 g/mol. The molecule has 0 spiro atoms. The first-order chi connectivity index (χ1) is 8.13. The molecule has 2 rings (SSSR count). The Balaban J connectivity index is 2.46. The van der Waals surface area contributed by atoms with Gasteiger partial charge in [0.2, 0.25) is 0 Å². The summed E-state index contributed by atoms with van der Waals surface area (Å²) in [6.07, 6.45) is 3.23. The Morgan fingerprint density at radius 2 is 2.12 bits per heavy atom. The van der Waals surface area contributed by atoms with Crippen molar-refractivity contribution in [2.24, 2.45) is 5.73 Å². The smallest absolute Gasteiger partial charge is 0.0994 e. The number of nitrogens with two attached hydrogens (primary N) is 1. The Labute approximate surface area is 109 Å². The van der Waals surface area contributed by atoms with Gasteiger partial charge in [-0.25, -0.2) is 4.98 Å². The molecule has 4 nitrogen and oxygen atoms in total. The minimum absolute atomic E-state index is 0.146. The minimum Gasteiger partial charge on any atom is -0.394 e. The van der Waals surface area contributed by atoms with Gasteiger partial charge in [0.05, 0.1) is 40.9 Å². The fourth-order valence-electron chi connectivity index (χ4n) is 1.52. The van der Waals surface area contributed by atoms with E-state index in [1.807, 2.05) is 6.07 Å². The molecule has 0 bridgehead atoms. The van der Waals surface area contributed by atoms with Crippen molar-refractivity contribution in [1.82, 2.24) is 9.55 Å². The van der Waals surface area contributed by atoms with E-state index in [0.29, 0.717) is 15.7 Å². The molecule has 17 heavy (non-hydrogen) atoms. The number of hydrogen-bond acceptors (Lipinski definition) is 3. The molecule has 0 amide bonds. The molecule has 1 aromatic carbocycles. The molecule has 0 aliphatic heterocycles. The molecular formula is C11H11Cl2N3O. The molecule has 0 saturated carbocycles. The highest BCUT2D eigenvalue weighted by atomic mass is 35.5. The molecule has 0 fully saturated rings. The van der Waals surface area contributed by atoms with Gasteiger partial charge in [0.25, 0.3) is 0 Å². The van der Waals surface area contributed by atoms with Crippen molar-refractivity contribution in [2.75, 3.05) is 6.61 Å². The number of benzene rings is 1. The topological polar surface area (TPSA) is 64.1 Å². The van der Waals surface area contributed by atoms with Crippen LogP contribution in [0, 0.1) is 0 Å². The number of aromatic nitrogens is 2. The average molecular weight is 272 g/mol. The van der Waals surface area contributed by atoms with Gasteiger partial charge < -0.3 is 15.4 Å². The number of rotatable bonds is 3. The Morgan fingerprint density at radius 3 is 2.76 bits per heavy atom. The molecule has 90 valence electrons. The summed E-state index contributed by atoms with van der Waals surface area (Å²) in [5, 5.41) is 10.0. The zero-order valence-corrected chi connectivity index (χ0v) is 10.4. The van der Waals surface area contributed by atoms with Gasteiger partial charge in [-0.1, -0.05) is 23.2 Å². The summed E-state index contributed by atoms with van der Waals surface area (Å²) in [6, 6.07) is 4.75. The Bertz CT molecular complexity index is 527. The number of hydrogen-bond donors (Lipinski definition) is 2. The van der Waals surface area contributed by atoms with Crippen molar-refractivity contribution in [3.8, 4) is 5.69 Å². The average Bonchev–Trinajstić information content (AvgIpc) is 2.80. The van der Waals surface area contributed by atoms with E-state index in [-0.39, 0.29) is 6.61 Å². The fourth-order valence-corrected chi connectivity index (χ4v) is 1.82. The van der Waals surface area contributed by atoms with Gasteiger partial charge in [-0.05, 0) is 18.2 Å². The van der Waals surface area contributed by atoms with E-state index in [1.165, 1.54) is 0 Å². The Morgan fingerprint density at radius 1 is 1.35 bits per heavy atom. The predicted molar refractivity (Wildman–Crippen MR) is 67.6 cm³/mol. The molecular weight excluding hydrogens is 261 g/mol. The van der Waals surface area contributed by atoms with Crippen LogP contribution >= 0.6 is 23.2 Å². The maximum Gasteiger partial charge on any atom is 0.0994 e. The van der Waals surface area contributed by atoms with Crippen molar-refractivity contribution >= 4 is 23.2 Å². The zero-order valence-electron chi connectivity index (χ0n) is 8.85. The highest BCUT2D eigenvalue weighted by Gasteiger charge is 2.12. The van der Waals surface area contributed by atoms with Crippen molar-refractivity contribution in [3.05, 3.63) is 46.5 Å². The first-order valence-corrected chi connectivity index (χ1v) is 5.73. The molecule has 1 unspecified atom stereocenters. The summed E-state index contributed by atoms with van der Waals surface area (Å²) in [4.78, 5) is 4.02. The van der Waals surface area contributed by atoms with Crippen LogP contribution in [0.4, 0.5) is 0 Å². The lowest BCUT2D eigenvalue weighted by Gasteiger charge is -2.12. The number of aliphatic hydroxyl groups is 1. The van der Waals surface area contributed by atoms with Gasteiger partial charge in [0, 0.05) is 5.69 Å². The van der Waals surface area contributed by atoms with E-state index in [1.54, 1.807) is 29.2 Å². The van der Waals surface area contributed by atoms with Crippen LogP contribution in [-0.4, -0.2) is 21.3 Å². The quantitative estimate of drug-likeness (QED) is 0.900. The van der Waals surface area contributed by atoms with E-state index < -0.39 is 6.04 Å². The van der Waals surface area contributed by atoms with Gasteiger partial charge in [0.15, 0.2) is 0 Å². The molecule has 1 heterocycles. The highest BCUT2D eigenvalue weighted by Crippen LogP contribution is 2.25. The van der Waals surface area contributed by atoms with E-state index in [4.69, 9.17) is 34.0 Å². The number of imidazole rings is 1. The van der Waals surface area contributed by atoms with E-state index in [9.17, 15) is 0 Å². The Kier molecular flexibility index (Phi) is 3.69. The first kappa shape index (κ1) is 12.4. The predicted octanol–water partition coefficient (Wildman–Crippen LogP) is 2.17. The number of aliphatic hydroxyl groups excluding tert-OH is 1. The second-order valence-corrected chi connectivity index (χ2v) is 4.39. The van der Waals surface area contributed by atoms with Crippen LogP contribution in [0.3, 0.4) is 0 Å². The lowest BCUT2D eigenvalue weighted by Crippen LogP contribution is -2.18. The van der Waals surface area contributed by atoms with Crippen molar-refractivity contribution < 1.29 is 5.11 Å². The second-order valence-electron chi connectivity index (χ2n) is 3.58. The molecule has 1 atom stereocenters. The fraction of sp³-hybridized carbons (Fsp3) is 0.182. The molecule has 0 aliphatic carbocycles. The van der Waals surface area contributed by atoms with Gasteiger partial charge in [0.1, 0.15) is 0 Å². The normalized spacial score (nSPS) is 12.7. The molecule has 0 saturated heterocycles. The van der Waals surface area contributed by atoms with Gasteiger partial charge in [-0.3, -0.25) is 0 Å². The summed E-state index contributed by atoms with van der Waals surface area (Å²) in [6.45, 7) is -0.146. The molecule has 3 N–H and O–H groups in total. The van der Waals surface area contributed by atoms with Crippen molar-refractivity contribution in [1.29, 1.82) is 0 Å². The Hall–Kier alpha value is -1.07. The maximum absolute atomic E-state index is 9.06. The van der Waals surface area contributed by atoms with Gasteiger partial charge in [-0.15, -0.1) is 0 Å². The van der Waals surface area contributed by atoms with Gasteiger partial charge in [-0.2, -0.15) is 0 Å². The summed E-state index contributed by atoms with van der Waals surface area (Å²) < 4.78 is 1.77. The third kappa shape index (κ3) is 2.45. The number of halogens is 2. The van der Waals surface area contributed by atoms with Gasteiger partial charge >= 0.3 is 0 Å². The molecule has 0 aliphatic rings. The van der Waals surface area contributed by atoms with Crippen LogP contribution in [0.1, 0.15) is 11.7 Å². The van der Waals surface area contributed by atoms with Crippen LogP contribution in [0.5, 0.6) is 0 Å². The lowest BCUT2D eigenvalue weighted by molar-refractivity contribution is 0.265. The maximum atomic E-state index is 9.06. The zero-order chi connectivity index (χ0) is 12.4. The second kappa shape index (κ2) is 5.06. The van der Waals surface area contributed by atoms with Crippen LogP contribution in [0.25, 0.3) is 5.69 Å². The first-order valence-electron chi connectivity index (χ1n) is 4.97. The van der Waals surface area contributed by atoms with Crippen molar-refractivity contribution in [2.45, 2.75) is 6.04 Å². The summed E-state index contributed by atoms with van der Waals surface area (Å²) in [5.74, 6) is 0. The van der Waals surface area contributed by atoms with Crippen LogP contribution in [0.15, 0.2) is 30.7 Å². The van der Waals surface area contributed by atoms with Crippen LogP contribution in [-0.2, 0) is 0 Å². The highest BCUT2D eigenvalue weighted by molar-refractivity contribution is 6.42. The minimum atomic E-state index is -0.480. The number of nitrogens with zero attached hydrogens (tertiary/aromatic N) is 2. The summed E-state index contributed by atoms with van der Waals surface area (Å²) in [5.41, 5.74) is 7.29. The lowest BCUT2D eigenvalue weighted by atomic mass is 10.2. The van der Waals surface area contributed by atoms with E-state index >= 15 is 0 Å². The van der Waals surface area contributed by atoms with E-state index in [2.05, 4.69) is 4.98 Å². The van der Waals surface area contributed by atoms with E-state index in [0.717, 1.165) is 5.69 Å². The third-order valence-corrected chi connectivity index (χ3v) is 3.16.